The molecule has 2 aromatic carbocycles. The zero-order valence-corrected chi connectivity index (χ0v) is 15.2. The number of aromatic amines is 1. The molecule has 1 aliphatic carbocycles. The molecule has 1 fully saturated rings. The Kier molecular flexibility index (Phi) is 4.90. The van der Waals surface area contributed by atoms with E-state index in [4.69, 9.17) is 0 Å². The predicted molar refractivity (Wildman–Crippen MR) is 106 cm³/mol. The average molecular weight is 361 g/mol. The van der Waals surface area contributed by atoms with Crippen molar-refractivity contribution in [1.29, 1.82) is 0 Å². The second-order valence-electron chi connectivity index (χ2n) is 7.30. The van der Waals surface area contributed by atoms with Gasteiger partial charge in [0.15, 0.2) is 12.1 Å². The maximum Gasteiger partial charge on any atom is 0.188 e. The van der Waals surface area contributed by atoms with Gasteiger partial charge in [-0.1, -0.05) is 55.7 Å². The lowest BCUT2D eigenvalue weighted by Crippen LogP contribution is -2.06. The van der Waals surface area contributed by atoms with Crippen molar-refractivity contribution in [3.63, 3.8) is 0 Å². The maximum absolute atomic E-state index is 11.9. The van der Waals surface area contributed by atoms with Crippen LogP contribution in [-0.2, 0) is 0 Å². The highest BCUT2D eigenvalue weighted by Crippen LogP contribution is 2.43. The van der Waals surface area contributed by atoms with Gasteiger partial charge in [0.2, 0.25) is 0 Å². The highest BCUT2D eigenvalue weighted by atomic mass is 16.3. The predicted octanol–water partition coefficient (Wildman–Crippen LogP) is 4.87. The van der Waals surface area contributed by atoms with Crippen LogP contribution in [0.2, 0.25) is 0 Å². The number of carbonyl (C=O) groups excluding carboxylic acids is 2. The highest BCUT2D eigenvalue weighted by Gasteiger charge is 2.25. The van der Waals surface area contributed by atoms with E-state index in [9.17, 15) is 14.7 Å². The number of aromatic nitrogens is 1. The molecule has 1 aromatic heterocycles. The van der Waals surface area contributed by atoms with E-state index in [2.05, 4.69) is 4.98 Å². The fourth-order valence-electron chi connectivity index (χ4n) is 4.34. The first kappa shape index (κ1) is 17.7. The number of nitrogens with one attached hydrogen (secondary N) is 1. The van der Waals surface area contributed by atoms with Gasteiger partial charge in [-0.3, -0.25) is 9.59 Å². The molecule has 4 heteroatoms. The number of ketones is 1. The molecule has 1 saturated carbocycles. The van der Waals surface area contributed by atoms with Crippen molar-refractivity contribution in [1.82, 2.24) is 4.98 Å². The van der Waals surface area contributed by atoms with Crippen LogP contribution in [-0.4, -0.2) is 28.8 Å². The van der Waals surface area contributed by atoms with Crippen molar-refractivity contribution in [2.45, 2.75) is 38.0 Å². The number of aldehydes is 1. The van der Waals surface area contributed by atoms with Gasteiger partial charge in [0.05, 0.1) is 5.69 Å². The summed E-state index contributed by atoms with van der Waals surface area (Å²) in [5.41, 5.74) is 5.17. The summed E-state index contributed by atoms with van der Waals surface area (Å²) in [4.78, 5) is 27.0. The van der Waals surface area contributed by atoms with E-state index in [0.29, 0.717) is 17.0 Å². The molecule has 1 aliphatic rings. The van der Waals surface area contributed by atoms with E-state index < -0.39 is 6.61 Å². The van der Waals surface area contributed by atoms with Crippen LogP contribution in [0.3, 0.4) is 0 Å². The van der Waals surface area contributed by atoms with Crippen molar-refractivity contribution in [2.75, 3.05) is 6.61 Å². The molecule has 0 atom stereocenters. The molecule has 0 spiro atoms. The summed E-state index contributed by atoms with van der Waals surface area (Å²) in [5, 5.41) is 10.3. The highest BCUT2D eigenvalue weighted by molar-refractivity contribution is 6.02. The van der Waals surface area contributed by atoms with Crippen molar-refractivity contribution in [3.05, 3.63) is 59.2 Å². The number of aliphatic hydroxyl groups is 1. The fraction of sp³-hybridized carbons (Fsp3) is 0.304. The van der Waals surface area contributed by atoms with Crippen molar-refractivity contribution >= 4 is 23.0 Å². The minimum absolute atomic E-state index is 0.291. The van der Waals surface area contributed by atoms with Crippen LogP contribution in [0.5, 0.6) is 0 Å². The molecule has 0 amide bonds. The number of fused-ring (bicyclic) bond motifs is 1. The molecule has 1 heterocycles. The van der Waals surface area contributed by atoms with Crippen LogP contribution < -0.4 is 0 Å². The average Bonchev–Trinajstić information content (AvgIpc) is 3.12. The maximum atomic E-state index is 11.9. The number of carbonyl (C=O) groups is 2. The van der Waals surface area contributed by atoms with E-state index in [1.165, 1.54) is 24.8 Å². The summed E-state index contributed by atoms with van der Waals surface area (Å²) in [5.74, 6) is 0.155. The monoisotopic (exact) mass is 361 g/mol. The summed E-state index contributed by atoms with van der Waals surface area (Å²) in [6, 6.07) is 13.2. The minimum atomic E-state index is -0.497. The Balaban J connectivity index is 1.95. The van der Waals surface area contributed by atoms with Gasteiger partial charge in [-0.05, 0) is 30.4 Å². The first-order valence-corrected chi connectivity index (χ1v) is 9.57. The second-order valence-corrected chi connectivity index (χ2v) is 7.30. The molecule has 4 nitrogen and oxygen atoms in total. The Morgan fingerprint density at radius 3 is 2.63 bits per heavy atom. The molecule has 0 unspecified atom stereocenters. The summed E-state index contributed by atoms with van der Waals surface area (Å²) in [7, 11) is 0. The number of hydrogen-bond acceptors (Lipinski definition) is 3. The molecule has 27 heavy (non-hydrogen) atoms. The first-order chi connectivity index (χ1) is 13.2. The third-order valence-corrected chi connectivity index (χ3v) is 5.67. The lowest BCUT2D eigenvalue weighted by atomic mass is 9.81. The van der Waals surface area contributed by atoms with E-state index in [1.54, 1.807) is 6.07 Å². The standard InChI is InChI=1S/C23H23NO3/c25-13-17-8-4-5-9-18(17)23-22(15-6-2-1-3-7-15)19-11-10-16(21(27)14-26)12-20(19)24-23/h4-5,8-13,15,24,26H,1-3,6-7,14H2. The number of rotatable bonds is 5. The lowest BCUT2D eigenvalue weighted by molar-refractivity contribution is 0.0903. The Bertz CT molecular complexity index is 996. The van der Waals surface area contributed by atoms with E-state index in [1.807, 2.05) is 36.4 Å². The number of hydrogen-bond donors (Lipinski definition) is 2. The quantitative estimate of drug-likeness (QED) is 0.503. The molecule has 0 bridgehead atoms. The number of H-pyrrole nitrogens is 1. The number of Topliss-reactive ketones (excluding diaryl/α,β-unsaturated/α-hetero) is 1. The van der Waals surface area contributed by atoms with Crippen LogP contribution in [0, 0.1) is 0 Å². The first-order valence-electron chi connectivity index (χ1n) is 9.57. The molecular weight excluding hydrogens is 338 g/mol. The van der Waals surface area contributed by atoms with Crippen molar-refractivity contribution in [3.8, 4) is 11.3 Å². The van der Waals surface area contributed by atoms with Gasteiger partial charge in [-0.15, -0.1) is 0 Å². The van der Waals surface area contributed by atoms with Gasteiger partial charge < -0.3 is 10.1 Å². The topological polar surface area (TPSA) is 70.2 Å². The summed E-state index contributed by atoms with van der Waals surface area (Å²) in [6.07, 6.45) is 6.88. The second kappa shape index (κ2) is 7.49. The van der Waals surface area contributed by atoms with Crippen LogP contribution in [0.15, 0.2) is 42.5 Å². The Morgan fingerprint density at radius 2 is 1.89 bits per heavy atom. The Morgan fingerprint density at radius 1 is 1.11 bits per heavy atom. The molecule has 0 aliphatic heterocycles. The van der Waals surface area contributed by atoms with Gasteiger partial charge in [-0.2, -0.15) is 0 Å². The normalized spacial score (nSPS) is 15.1. The lowest BCUT2D eigenvalue weighted by Gasteiger charge is -2.23. The van der Waals surface area contributed by atoms with Gasteiger partial charge in [0, 0.05) is 27.6 Å². The molecule has 0 saturated heterocycles. The Hall–Kier alpha value is -2.72. The Labute approximate surface area is 158 Å². The molecular formula is C23H23NO3. The number of aliphatic hydroxyl groups excluding tert-OH is 1. The third-order valence-electron chi connectivity index (χ3n) is 5.67. The summed E-state index contributed by atoms with van der Waals surface area (Å²) in [6.45, 7) is -0.497. The molecule has 4 rings (SSSR count). The molecule has 0 radical (unpaired) electrons. The zero-order chi connectivity index (χ0) is 18.8. The molecule has 138 valence electrons. The fourth-order valence-corrected chi connectivity index (χ4v) is 4.34. The van der Waals surface area contributed by atoms with Gasteiger partial charge >= 0.3 is 0 Å². The van der Waals surface area contributed by atoms with Crippen molar-refractivity contribution in [2.24, 2.45) is 0 Å². The zero-order valence-electron chi connectivity index (χ0n) is 15.2. The summed E-state index contributed by atoms with van der Waals surface area (Å²) >= 11 is 0. The minimum Gasteiger partial charge on any atom is -0.388 e. The van der Waals surface area contributed by atoms with Crippen molar-refractivity contribution < 1.29 is 14.7 Å². The number of benzene rings is 2. The van der Waals surface area contributed by atoms with Gasteiger partial charge in [0.25, 0.3) is 0 Å². The van der Waals surface area contributed by atoms with Crippen LogP contribution in [0.25, 0.3) is 22.2 Å². The molecule has 2 N–H and O–H groups in total. The SMILES string of the molecule is O=Cc1ccccc1-c1[nH]c2cc(C(=O)CO)ccc2c1C1CCCCC1. The van der Waals surface area contributed by atoms with E-state index >= 15 is 0 Å². The molecule has 3 aromatic rings. The van der Waals surface area contributed by atoms with Crippen LogP contribution in [0.4, 0.5) is 0 Å². The van der Waals surface area contributed by atoms with E-state index in [-0.39, 0.29) is 5.78 Å². The van der Waals surface area contributed by atoms with Gasteiger partial charge in [-0.25, -0.2) is 0 Å². The smallest absolute Gasteiger partial charge is 0.188 e. The third kappa shape index (κ3) is 3.21. The summed E-state index contributed by atoms with van der Waals surface area (Å²) < 4.78 is 0. The van der Waals surface area contributed by atoms with Crippen LogP contribution >= 0.6 is 0 Å². The van der Waals surface area contributed by atoms with Crippen LogP contribution in [0.1, 0.15) is 64.3 Å². The van der Waals surface area contributed by atoms with Gasteiger partial charge in [0.1, 0.15) is 6.61 Å². The van der Waals surface area contributed by atoms with E-state index in [0.717, 1.165) is 41.3 Å². The largest absolute Gasteiger partial charge is 0.388 e.